The zero-order valence-corrected chi connectivity index (χ0v) is 18.0. The molecule has 2 rings (SSSR count). The minimum atomic E-state index is -3.79. The summed E-state index contributed by atoms with van der Waals surface area (Å²) in [7, 11) is -2.29. The monoisotopic (exact) mass is 435 g/mol. The molecular formula is C20H25N3O4S2. The van der Waals surface area contributed by atoms with E-state index in [1.165, 1.54) is 13.2 Å². The molecule has 0 spiro atoms. The van der Waals surface area contributed by atoms with Crippen LogP contribution in [0.15, 0.2) is 54.1 Å². The molecule has 1 aromatic carbocycles. The number of nitrogens with one attached hydrogen (secondary N) is 2. The number of aromatic nitrogens is 1. The number of benzene rings is 1. The Labute approximate surface area is 176 Å². The lowest BCUT2D eigenvalue weighted by atomic mass is 10.2. The summed E-state index contributed by atoms with van der Waals surface area (Å²) < 4.78 is 32.5. The number of nitrogens with zero attached hydrogens (tertiary/aromatic N) is 1. The molecule has 2 aromatic rings. The van der Waals surface area contributed by atoms with Gasteiger partial charge in [0, 0.05) is 23.7 Å². The summed E-state index contributed by atoms with van der Waals surface area (Å²) in [5.41, 5.74) is 1.46. The molecule has 1 atom stereocenters. The molecule has 0 saturated carbocycles. The van der Waals surface area contributed by atoms with Crippen LogP contribution in [0.1, 0.15) is 17.5 Å². The third kappa shape index (κ3) is 7.88. The van der Waals surface area contributed by atoms with Gasteiger partial charge < -0.3 is 10.1 Å². The average Bonchev–Trinajstić information content (AvgIpc) is 2.74. The van der Waals surface area contributed by atoms with E-state index in [4.69, 9.17) is 4.74 Å². The molecule has 0 radical (unpaired) electrons. The van der Waals surface area contributed by atoms with Crippen molar-refractivity contribution in [1.82, 2.24) is 15.0 Å². The highest BCUT2D eigenvalue weighted by atomic mass is 32.2. The summed E-state index contributed by atoms with van der Waals surface area (Å²) in [5.74, 6) is 0.653. The second-order valence-corrected chi connectivity index (χ2v) is 8.68. The van der Waals surface area contributed by atoms with Crippen molar-refractivity contribution in [3.63, 3.8) is 0 Å². The highest BCUT2D eigenvalue weighted by Gasteiger charge is 2.23. The molecule has 29 heavy (non-hydrogen) atoms. The molecule has 0 aliphatic rings. The van der Waals surface area contributed by atoms with E-state index in [1.54, 1.807) is 42.2 Å². The number of hydrogen-bond acceptors (Lipinski definition) is 6. The van der Waals surface area contributed by atoms with Crippen LogP contribution in [0.4, 0.5) is 0 Å². The summed E-state index contributed by atoms with van der Waals surface area (Å²) in [6, 6.07) is 11.7. The molecular weight excluding hydrogens is 410 g/mol. The number of amides is 1. The van der Waals surface area contributed by atoms with Gasteiger partial charge in [-0.25, -0.2) is 13.4 Å². The van der Waals surface area contributed by atoms with Gasteiger partial charge in [-0.2, -0.15) is 16.5 Å². The molecule has 2 N–H and O–H groups in total. The number of carbonyl (C=O) groups is 1. The van der Waals surface area contributed by atoms with E-state index in [9.17, 15) is 13.2 Å². The molecule has 0 aliphatic heterocycles. The fourth-order valence-corrected chi connectivity index (χ4v) is 4.00. The van der Waals surface area contributed by atoms with Crippen molar-refractivity contribution in [3.05, 3.63) is 65.2 Å². The van der Waals surface area contributed by atoms with Gasteiger partial charge >= 0.3 is 0 Å². The Balaban J connectivity index is 2.05. The van der Waals surface area contributed by atoms with Crippen LogP contribution in [0.3, 0.4) is 0 Å². The van der Waals surface area contributed by atoms with Gasteiger partial charge in [-0.1, -0.05) is 36.4 Å². The summed E-state index contributed by atoms with van der Waals surface area (Å²) in [6.45, 7) is 0.188. The fourth-order valence-electron chi connectivity index (χ4n) is 2.50. The molecule has 156 valence electrons. The average molecular weight is 436 g/mol. The Kier molecular flexibility index (Phi) is 9.17. The number of carbonyl (C=O) groups excluding carboxylic acids is 1. The standard InChI is InChI=1S/C20H25N3O4S2/c1-27-20-17(9-6-12-21-20)15-22-19(24)18(10-13-28-2)23-29(25,26)14-11-16-7-4-3-5-8-16/h3-9,11-12,14,18,23H,10,13,15H2,1-2H3,(H,22,24)/b14-11+. The minimum absolute atomic E-state index is 0.188. The van der Waals surface area contributed by atoms with Gasteiger partial charge in [0.25, 0.3) is 0 Å². The molecule has 7 nitrogen and oxygen atoms in total. The first-order valence-electron chi connectivity index (χ1n) is 8.95. The maximum atomic E-state index is 12.6. The first kappa shape index (κ1) is 22.9. The van der Waals surface area contributed by atoms with Crippen molar-refractivity contribution < 1.29 is 17.9 Å². The van der Waals surface area contributed by atoms with E-state index in [2.05, 4.69) is 15.0 Å². The SMILES string of the molecule is COc1ncccc1CNC(=O)C(CCSC)NS(=O)(=O)/C=C/c1ccccc1. The van der Waals surface area contributed by atoms with Crippen LogP contribution >= 0.6 is 11.8 Å². The number of thioether (sulfide) groups is 1. The van der Waals surface area contributed by atoms with Gasteiger partial charge in [-0.15, -0.1) is 0 Å². The topological polar surface area (TPSA) is 97.4 Å². The number of pyridine rings is 1. The lowest BCUT2D eigenvalue weighted by molar-refractivity contribution is -0.122. The Hall–Kier alpha value is -2.36. The predicted molar refractivity (Wildman–Crippen MR) is 117 cm³/mol. The molecule has 0 fully saturated rings. The molecule has 1 heterocycles. The number of hydrogen-bond donors (Lipinski definition) is 2. The first-order chi connectivity index (χ1) is 13.9. The first-order valence-corrected chi connectivity index (χ1v) is 11.9. The van der Waals surface area contributed by atoms with E-state index in [-0.39, 0.29) is 6.54 Å². The highest BCUT2D eigenvalue weighted by Crippen LogP contribution is 2.13. The normalized spacial score (nSPS) is 12.6. The Morgan fingerprint density at radius 3 is 2.69 bits per heavy atom. The molecule has 0 aliphatic carbocycles. The lowest BCUT2D eigenvalue weighted by Gasteiger charge is -2.17. The Morgan fingerprint density at radius 2 is 2.00 bits per heavy atom. The van der Waals surface area contributed by atoms with Crippen molar-refractivity contribution in [2.45, 2.75) is 19.0 Å². The van der Waals surface area contributed by atoms with Crippen LogP contribution in [-0.2, 0) is 21.4 Å². The maximum Gasteiger partial charge on any atom is 0.238 e. The highest BCUT2D eigenvalue weighted by molar-refractivity contribution is 7.98. The smallest absolute Gasteiger partial charge is 0.238 e. The van der Waals surface area contributed by atoms with Crippen molar-refractivity contribution in [2.24, 2.45) is 0 Å². The van der Waals surface area contributed by atoms with Crippen LogP contribution < -0.4 is 14.8 Å². The van der Waals surface area contributed by atoms with Gasteiger partial charge in [-0.05, 0) is 36.1 Å². The second kappa shape index (κ2) is 11.6. The van der Waals surface area contributed by atoms with Crippen LogP contribution in [0.2, 0.25) is 0 Å². The van der Waals surface area contributed by atoms with Crippen molar-refractivity contribution in [3.8, 4) is 5.88 Å². The van der Waals surface area contributed by atoms with Crippen LogP contribution in [-0.4, -0.2) is 44.5 Å². The fraction of sp³-hybridized carbons (Fsp3) is 0.300. The molecule has 1 unspecified atom stereocenters. The molecule has 1 amide bonds. The summed E-state index contributed by atoms with van der Waals surface area (Å²) in [6.07, 6.45) is 5.36. The van der Waals surface area contributed by atoms with E-state index in [1.807, 2.05) is 24.5 Å². The quantitative estimate of drug-likeness (QED) is 0.563. The van der Waals surface area contributed by atoms with E-state index < -0.39 is 22.0 Å². The van der Waals surface area contributed by atoms with Crippen molar-refractivity contribution >= 4 is 33.8 Å². The molecule has 0 bridgehead atoms. The van der Waals surface area contributed by atoms with Crippen LogP contribution in [0, 0.1) is 0 Å². The van der Waals surface area contributed by atoms with E-state index in [0.717, 1.165) is 11.0 Å². The van der Waals surface area contributed by atoms with Crippen LogP contribution in [0.25, 0.3) is 6.08 Å². The Morgan fingerprint density at radius 1 is 1.24 bits per heavy atom. The maximum absolute atomic E-state index is 12.6. The second-order valence-electron chi connectivity index (χ2n) is 6.10. The predicted octanol–water partition coefficient (Wildman–Crippen LogP) is 2.42. The molecule has 0 saturated heterocycles. The number of rotatable bonds is 11. The van der Waals surface area contributed by atoms with Gasteiger partial charge in [0.1, 0.15) is 6.04 Å². The lowest BCUT2D eigenvalue weighted by Crippen LogP contribution is -2.46. The zero-order valence-electron chi connectivity index (χ0n) is 16.4. The molecule has 9 heteroatoms. The van der Waals surface area contributed by atoms with E-state index in [0.29, 0.717) is 23.6 Å². The third-order valence-corrected chi connectivity index (χ3v) is 5.72. The van der Waals surface area contributed by atoms with Gasteiger partial charge in [0.05, 0.1) is 7.11 Å². The van der Waals surface area contributed by atoms with Gasteiger partial charge in [0.2, 0.25) is 21.8 Å². The number of sulfonamides is 1. The summed E-state index contributed by atoms with van der Waals surface area (Å²) in [5, 5.41) is 3.84. The molecule has 1 aromatic heterocycles. The van der Waals surface area contributed by atoms with Crippen LogP contribution in [0.5, 0.6) is 5.88 Å². The number of methoxy groups -OCH3 is 1. The number of ether oxygens (including phenoxy) is 1. The summed E-state index contributed by atoms with van der Waals surface area (Å²) >= 11 is 1.54. The third-order valence-electron chi connectivity index (χ3n) is 3.97. The Bertz CT molecular complexity index is 918. The van der Waals surface area contributed by atoms with Crippen molar-refractivity contribution in [1.29, 1.82) is 0 Å². The summed E-state index contributed by atoms with van der Waals surface area (Å²) in [4.78, 5) is 16.7. The van der Waals surface area contributed by atoms with E-state index >= 15 is 0 Å². The van der Waals surface area contributed by atoms with Crippen molar-refractivity contribution in [2.75, 3.05) is 19.1 Å². The minimum Gasteiger partial charge on any atom is -0.481 e. The largest absolute Gasteiger partial charge is 0.481 e. The van der Waals surface area contributed by atoms with Gasteiger partial charge in [0.15, 0.2) is 0 Å². The van der Waals surface area contributed by atoms with Gasteiger partial charge in [-0.3, -0.25) is 4.79 Å². The zero-order chi connectivity index (χ0) is 21.1.